The van der Waals surface area contributed by atoms with Gasteiger partial charge in [-0.2, -0.15) is 5.26 Å². The number of nitrogens with zero attached hydrogens (tertiary/aromatic N) is 2. The van der Waals surface area contributed by atoms with Crippen molar-refractivity contribution in [2.24, 2.45) is 11.8 Å². The van der Waals surface area contributed by atoms with E-state index in [1.807, 2.05) is 0 Å². The topological polar surface area (TPSA) is 103 Å². The van der Waals surface area contributed by atoms with Gasteiger partial charge in [0.1, 0.15) is 0 Å². The normalized spacial score (nSPS) is 19.5. The van der Waals surface area contributed by atoms with E-state index >= 15 is 0 Å². The zero-order valence-electron chi connectivity index (χ0n) is 13.7. The van der Waals surface area contributed by atoms with Crippen LogP contribution >= 0.6 is 0 Å². The minimum absolute atomic E-state index is 0.0905. The summed E-state index contributed by atoms with van der Waals surface area (Å²) in [5, 5.41) is 22.6. The van der Waals surface area contributed by atoms with Gasteiger partial charge in [-0.15, -0.1) is 0 Å². The first kappa shape index (κ1) is 17.1. The highest BCUT2D eigenvalue weighted by Gasteiger charge is 2.32. The van der Waals surface area contributed by atoms with Gasteiger partial charge in [-0.1, -0.05) is 6.42 Å². The molecule has 25 heavy (non-hydrogen) atoms. The Morgan fingerprint density at radius 2 is 2.20 bits per heavy atom. The first-order valence-corrected chi connectivity index (χ1v) is 8.32. The molecule has 2 atom stereocenters. The predicted molar refractivity (Wildman–Crippen MR) is 91.5 cm³/mol. The fourth-order valence-corrected chi connectivity index (χ4v) is 3.43. The Balaban J connectivity index is 1.76. The number of aliphatic hydroxyl groups excluding tert-OH is 1. The van der Waals surface area contributed by atoms with Gasteiger partial charge >= 0.3 is 0 Å². The summed E-state index contributed by atoms with van der Waals surface area (Å²) in [5.41, 5.74) is 1.00. The van der Waals surface area contributed by atoms with E-state index in [4.69, 9.17) is 5.26 Å². The number of benzene rings is 1. The number of nitriles is 1. The molecule has 1 unspecified atom stereocenters. The SMILES string of the molecule is N#C[C@@H]1CCCC1C(=O)CNC(=O)c1cc(CO)cc2ccncc12. The lowest BCUT2D eigenvalue weighted by molar-refractivity contribution is -0.122. The molecule has 0 bridgehead atoms. The van der Waals surface area contributed by atoms with Crippen molar-refractivity contribution in [1.82, 2.24) is 10.3 Å². The number of Topliss-reactive ketones (excluding diaryl/α,β-unsaturated/α-hetero) is 1. The van der Waals surface area contributed by atoms with E-state index in [0.717, 1.165) is 18.2 Å². The Kier molecular flexibility index (Phi) is 5.05. The van der Waals surface area contributed by atoms with Crippen LogP contribution in [0, 0.1) is 23.2 Å². The molecule has 2 aromatic rings. The van der Waals surface area contributed by atoms with Crippen LogP contribution in [0.1, 0.15) is 35.2 Å². The van der Waals surface area contributed by atoms with Gasteiger partial charge in [-0.05, 0) is 42.0 Å². The first-order chi connectivity index (χ1) is 12.1. The van der Waals surface area contributed by atoms with Gasteiger partial charge in [-0.3, -0.25) is 14.6 Å². The maximum Gasteiger partial charge on any atom is 0.252 e. The van der Waals surface area contributed by atoms with E-state index < -0.39 is 0 Å². The smallest absolute Gasteiger partial charge is 0.252 e. The van der Waals surface area contributed by atoms with E-state index in [-0.39, 0.29) is 36.7 Å². The third-order valence-electron chi connectivity index (χ3n) is 4.76. The molecule has 6 nitrogen and oxygen atoms in total. The lowest BCUT2D eigenvalue weighted by Gasteiger charge is -2.13. The zero-order valence-corrected chi connectivity index (χ0v) is 13.7. The van der Waals surface area contributed by atoms with Crippen molar-refractivity contribution in [2.45, 2.75) is 25.9 Å². The molecule has 1 amide bonds. The maximum absolute atomic E-state index is 12.6. The summed E-state index contributed by atoms with van der Waals surface area (Å²) in [4.78, 5) is 28.9. The van der Waals surface area contributed by atoms with Crippen LogP contribution in [-0.2, 0) is 11.4 Å². The molecule has 1 fully saturated rings. The summed E-state index contributed by atoms with van der Waals surface area (Å²) in [6, 6.07) is 7.36. The molecule has 1 aromatic carbocycles. The molecule has 6 heteroatoms. The lowest BCUT2D eigenvalue weighted by Crippen LogP contribution is -2.34. The van der Waals surface area contributed by atoms with E-state index in [1.54, 1.807) is 30.6 Å². The first-order valence-electron chi connectivity index (χ1n) is 8.32. The number of fused-ring (bicyclic) bond motifs is 1. The van der Waals surface area contributed by atoms with Crippen molar-refractivity contribution in [2.75, 3.05) is 6.54 Å². The van der Waals surface area contributed by atoms with Crippen LogP contribution < -0.4 is 5.32 Å². The number of hydrogen-bond acceptors (Lipinski definition) is 5. The van der Waals surface area contributed by atoms with Crippen LogP contribution in [0.15, 0.2) is 30.6 Å². The number of carbonyl (C=O) groups excluding carboxylic acids is 2. The van der Waals surface area contributed by atoms with Crippen molar-refractivity contribution in [1.29, 1.82) is 5.26 Å². The average Bonchev–Trinajstić information content (AvgIpc) is 3.13. The number of carbonyl (C=O) groups is 2. The molecule has 0 radical (unpaired) electrons. The highest BCUT2D eigenvalue weighted by molar-refractivity contribution is 6.08. The lowest BCUT2D eigenvalue weighted by atomic mass is 9.93. The Bertz CT molecular complexity index is 857. The minimum atomic E-state index is -0.381. The second kappa shape index (κ2) is 7.41. The molecule has 1 heterocycles. The number of aliphatic hydroxyl groups is 1. The Hall–Kier alpha value is -2.78. The molecule has 3 rings (SSSR count). The summed E-state index contributed by atoms with van der Waals surface area (Å²) in [6.07, 6.45) is 5.54. The van der Waals surface area contributed by atoms with Gasteiger partial charge in [0.05, 0.1) is 25.1 Å². The van der Waals surface area contributed by atoms with Crippen LogP contribution in [0.5, 0.6) is 0 Å². The predicted octanol–water partition coefficient (Wildman–Crippen LogP) is 1.97. The Labute approximate surface area is 145 Å². The third-order valence-corrected chi connectivity index (χ3v) is 4.76. The molecule has 1 aromatic heterocycles. The zero-order chi connectivity index (χ0) is 17.8. The monoisotopic (exact) mass is 337 g/mol. The molecule has 0 aliphatic heterocycles. The van der Waals surface area contributed by atoms with Gasteiger partial charge < -0.3 is 10.4 Å². The summed E-state index contributed by atoms with van der Waals surface area (Å²) in [7, 11) is 0. The van der Waals surface area contributed by atoms with Gasteiger partial charge in [0.15, 0.2) is 5.78 Å². The fraction of sp³-hybridized carbons (Fsp3) is 0.368. The summed E-state index contributed by atoms with van der Waals surface area (Å²) < 4.78 is 0. The van der Waals surface area contributed by atoms with Crippen molar-refractivity contribution in [3.8, 4) is 6.07 Å². The second-order valence-corrected chi connectivity index (χ2v) is 6.32. The Morgan fingerprint density at radius 3 is 2.96 bits per heavy atom. The summed E-state index contributed by atoms with van der Waals surface area (Å²) >= 11 is 0. The van der Waals surface area contributed by atoms with Gasteiger partial charge in [0.25, 0.3) is 5.91 Å². The molecular weight excluding hydrogens is 318 g/mol. The van der Waals surface area contributed by atoms with Gasteiger partial charge in [0.2, 0.25) is 0 Å². The van der Waals surface area contributed by atoms with Crippen molar-refractivity contribution in [3.63, 3.8) is 0 Å². The number of amides is 1. The van der Waals surface area contributed by atoms with E-state index in [2.05, 4.69) is 16.4 Å². The highest BCUT2D eigenvalue weighted by atomic mass is 16.3. The van der Waals surface area contributed by atoms with Crippen molar-refractivity contribution in [3.05, 3.63) is 41.7 Å². The molecule has 1 saturated carbocycles. The number of nitrogens with one attached hydrogen (secondary N) is 1. The molecule has 0 spiro atoms. The molecule has 0 saturated heterocycles. The number of aromatic nitrogens is 1. The van der Waals surface area contributed by atoms with Crippen LogP contribution in [-0.4, -0.2) is 28.3 Å². The van der Waals surface area contributed by atoms with Crippen molar-refractivity contribution >= 4 is 22.5 Å². The second-order valence-electron chi connectivity index (χ2n) is 6.32. The van der Waals surface area contributed by atoms with Gasteiger partial charge in [-0.25, -0.2) is 0 Å². The molecule has 1 aliphatic rings. The summed E-state index contributed by atoms with van der Waals surface area (Å²) in [5.74, 6) is -1.01. The van der Waals surface area contributed by atoms with E-state index in [0.29, 0.717) is 22.9 Å². The Morgan fingerprint density at radius 1 is 1.36 bits per heavy atom. The average molecular weight is 337 g/mol. The fourth-order valence-electron chi connectivity index (χ4n) is 3.43. The number of ketones is 1. The number of hydrogen-bond donors (Lipinski definition) is 2. The highest BCUT2D eigenvalue weighted by Crippen LogP contribution is 2.31. The molecule has 2 N–H and O–H groups in total. The van der Waals surface area contributed by atoms with Crippen LogP contribution in [0.25, 0.3) is 10.8 Å². The minimum Gasteiger partial charge on any atom is -0.392 e. The van der Waals surface area contributed by atoms with Crippen LogP contribution in [0.4, 0.5) is 0 Å². The number of rotatable bonds is 5. The maximum atomic E-state index is 12.6. The van der Waals surface area contributed by atoms with E-state index in [9.17, 15) is 14.7 Å². The largest absolute Gasteiger partial charge is 0.392 e. The van der Waals surface area contributed by atoms with Gasteiger partial charge in [0, 0.05) is 29.3 Å². The van der Waals surface area contributed by atoms with Crippen LogP contribution in [0.3, 0.4) is 0 Å². The summed E-state index contributed by atoms with van der Waals surface area (Å²) in [6.45, 7) is -0.268. The van der Waals surface area contributed by atoms with E-state index in [1.165, 1.54) is 0 Å². The number of pyridine rings is 1. The van der Waals surface area contributed by atoms with Crippen LogP contribution in [0.2, 0.25) is 0 Å². The molecule has 128 valence electrons. The van der Waals surface area contributed by atoms with Crippen molar-refractivity contribution < 1.29 is 14.7 Å². The quantitative estimate of drug-likeness (QED) is 0.868. The molecule has 1 aliphatic carbocycles. The third kappa shape index (κ3) is 3.52. The standard InChI is InChI=1S/C19H19N3O3/c20-8-14-2-1-3-15(14)18(24)10-22-19(25)16-7-12(11-23)6-13-4-5-21-9-17(13)16/h4-7,9,14-15,23H,1-3,10-11H2,(H,22,25)/t14-,15?/m0/s1. The molecular formula is C19H19N3O3.